The maximum atomic E-state index is 13.1. The molecular weight excluding hydrogens is 282 g/mol. The number of amides is 3. The van der Waals surface area contributed by atoms with Crippen molar-refractivity contribution in [2.45, 2.75) is 5.54 Å². The molecule has 1 heterocycles. The van der Waals surface area contributed by atoms with Crippen LogP contribution in [0.25, 0.3) is 5.32 Å². The van der Waals surface area contributed by atoms with Crippen LogP contribution in [0, 0.1) is 5.82 Å². The molecule has 0 bridgehead atoms. The quantitative estimate of drug-likeness (QED) is 0.610. The van der Waals surface area contributed by atoms with Gasteiger partial charge in [-0.2, -0.15) is 0 Å². The third-order valence-electron chi connectivity index (χ3n) is 3.30. The van der Waals surface area contributed by atoms with E-state index in [-0.39, 0.29) is 29.6 Å². The molecule has 0 spiro atoms. The van der Waals surface area contributed by atoms with Gasteiger partial charge in [-0.1, -0.05) is 42.5 Å². The van der Waals surface area contributed by atoms with Gasteiger partial charge in [-0.05, 0) is 23.3 Å². The Balaban J connectivity index is 0.00000161. The summed E-state index contributed by atoms with van der Waals surface area (Å²) in [6.07, 6.45) is 0. The number of hydrogen-bond donors (Lipinski definition) is 1. The minimum atomic E-state index is -1.37. The topological polar surface area (TPSA) is 60.3 Å². The smallest absolute Gasteiger partial charge is 0.430 e. The van der Waals surface area contributed by atoms with Crippen LogP contribution in [0.1, 0.15) is 11.1 Å². The van der Waals surface area contributed by atoms with E-state index < -0.39 is 23.3 Å². The Labute approximate surface area is 143 Å². The first-order chi connectivity index (χ1) is 9.63. The number of nitrogens with zero attached hydrogens (tertiary/aromatic N) is 1. The molecule has 4 nitrogen and oxygen atoms in total. The van der Waals surface area contributed by atoms with Crippen molar-refractivity contribution in [2.75, 3.05) is 0 Å². The summed E-state index contributed by atoms with van der Waals surface area (Å²) in [5.74, 6) is -1.01. The molecule has 1 atom stereocenters. The molecule has 3 amide bonds. The van der Waals surface area contributed by atoms with Gasteiger partial charge in [-0.25, -0.2) is 4.39 Å². The first-order valence-corrected chi connectivity index (χ1v) is 6.03. The average molecular weight is 292 g/mol. The molecule has 1 aliphatic rings. The number of benzene rings is 2. The summed E-state index contributed by atoms with van der Waals surface area (Å²) >= 11 is 0. The molecule has 2 aromatic carbocycles. The monoisotopic (exact) mass is 292 g/mol. The van der Waals surface area contributed by atoms with Crippen LogP contribution in [0.5, 0.6) is 0 Å². The second-order valence-corrected chi connectivity index (χ2v) is 4.47. The summed E-state index contributed by atoms with van der Waals surface area (Å²) in [6.45, 7) is 0. The van der Waals surface area contributed by atoms with E-state index in [0.29, 0.717) is 11.1 Å². The normalized spacial score (nSPS) is 20.4. The van der Waals surface area contributed by atoms with Gasteiger partial charge >= 0.3 is 29.6 Å². The molecule has 3 rings (SSSR count). The minimum Gasteiger partial charge on any atom is -0.430 e. The fraction of sp³-hybridized carbons (Fsp3) is 0.0667. The zero-order chi connectivity index (χ0) is 14.2. The molecular formula is C15H10FN2NaO2. The van der Waals surface area contributed by atoms with Gasteiger partial charge in [0.1, 0.15) is 5.82 Å². The van der Waals surface area contributed by atoms with Crippen molar-refractivity contribution in [3.05, 3.63) is 76.9 Å². The molecule has 2 aromatic rings. The van der Waals surface area contributed by atoms with Crippen molar-refractivity contribution >= 4 is 11.9 Å². The summed E-state index contributed by atoms with van der Waals surface area (Å²) in [6, 6.07) is 13.5. The third kappa shape index (κ3) is 2.60. The zero-order valence-electron chi connectivity index (χ0n) is 11.3. The minimum absolute atomic E-state index is 0. The Morgan fingerprint density at radius 1 is 0.905 bits per heavy atom. The van der Waals surface area contributed by atoms with E-state index in [4.69, 9.17) is 0 Å². The molecule has 1 N–H and O–H groups in total. The van der Waals surface area contributed by atoms with Crippen molar-refractivity contribution < 1.29 is 43.5 Å². The fourth-order valence-corrected chi connectivity index (χ4v) is 2.36. The van der Waals surface area contributed by atoms with E-state index >= 15 is 0 Å². The molecule has 1 aliphatic heterocycles. The Morgan fingerprint density at radius 3 is 2.00 bits per heavy atom. The van der Waals surface area contributed by atoms with E-state index in [0.717, 1.165) is 0 Å². The van der Waals surface area contributed by atoms with Gasteiger partial charge < -0.3 is 10.6 Å². The number of urea groups is 1. The van der Waals surface area contributed by atoms with Crippen LogP contribution in [-0.4, -0.2) is 11.9 Å². The second-order valence-electron chi connectivity index (χ2n) is 4.47. The zero-order valence-corrected chi connectivity index (χ0v) is 13.3. The summed E-state index contributed by atoms with van der Waals surface area (Å²) in [5, 5.41) is 6.03. The number of nitrogens with one attached hydrogen (secondary N) is 1. The molecule has 0 saturated carbocycles. The van der Waals surface area contributed by atoms with Gasteiger partial charge in [-0.3, -0.25) is 9.59 Å². The van der Waals surface area contributed by atoms with Crippen LogP contribution in [0.15, 0.2) is 54.6 Å². The van der Waals surface area contributed by atoms with E-state index in [2.05, 4.69) is 10.6 Å². The molecule has 6 heteroatoms. The number of rotatable bonds is 2. The number of hydrogen-bond acceptors (Lipinski definition) is 2. The molecule has 1 unspecified atom stereocenters. The van der Waals surface area contributed by atoms with E-state index in [9.17, 15) is 14.0 Å². The first-order valence-electron chi connectivity index (χ1n) is 6.03. The molecule has 1 fully saturated rings. The van der Waals surface area contributed by atoms with Gasteiger partial charge in [0.2, 0.25) is 0 Å². The molecule has 0 radical (unpaired) electrons. The SMILES string of the molecule is O=C1[N-]C(=O)C(c2ccccc2)(c2ccc(F)cc2)N1.[Na+]. The van der Waals surface area contributed by atoms with Gasteiger partial charge in [0.25, 0.3) is 0 Å². The number of carbonyl (C=O) groups is 2. The summed E-state index contributed by atoms with van der Waals surface area (Å²) in [5.41, 5.74) is -0.303. The van der Waals surface area contributed by atoms with Crippen LogP contribution in [-0.2, 0) is 10.3 Å². The number of imide groups is 1. The van der Waals surface area contributed by atoms with Crippen molar-refractivity contribution in [3.8, 4) is 0 Å². The van der Waals surface area contributed by atoms with Gasteiger partial charge in [0, 0.05) is 0 Å². The summed E-state index contributed by atoms with van der Waals surface area (Å²) < 4.78 is 13.1. The van der Waals surface area contributed by atoms with Crippen LogP contribution >= 0.6 is 0 Å². The van der Waals surface area contributed by atoms with Gasteiger partial charge in [-0.15, -0.1) is 0 Å². The maximum absolute atomic E-state index is 13.1. The Bertz CT molecular complexity index is 676. The van der Waals surface area contributed by atoms with Crippen LogP contribution < -0.4 is 34.9 Å². The van der Waals surface area contributed by atoms with E-state index in [1.807, 2.05) is 0 Å². The standard InChI is InChI=1S/C15H11FN2O2.Na/c16-12-8-6-11(7-9-12)15(10-4-2-1-3-5-10)13(19)17-14(20)18-15;/h1-9H,(H2,17,18,19,20);/q;+1/p-1. The van der Waals surface area contributed by atoms with Crippen LogP contribution in [0.3, 0.4) is 0 Å². The van der Waals surface area contributed by atoms with Crippen LogP contribution in [0.2, 0.25) is 0 Å². The van der Waals surface area contributed by atoms with Crippen molar-refractivity contribution in [1.29, 1.82) is 0 Å². The Hall–Kier alpha value is -1.69. The number of carbonyl (C=O) groups excluding carboxylic acids is 2. The number of halogens is 1. The van der Waals surface area contributed by atoms with E-state index in [1.165, 1.54) is 24.3 Å². The molecule has 100 valence electrons. The van der Waals surface area contributed by atoms with Crippen LogP contribution in [0.4, 0.5) is 9.18 Å². The fourth-order valence-electron chi connectivity index (χ4n) is 2.36. The second kappa shape index (κ2) is 5.97. The third-order valence-corrected chi connectivity index (χ3v) is 3.30. The predicted octanol–water partition coefficient (Wildman–Crippen LogP) is -0.303. The largest absolute Gasteiger partial charge is 1.00 e. The molecule has 0 aliphatic carbocycles. The molecule has 1 saturated heterocycles. The van der Waals surface area contributed by atoms with Crippen molar-refractivity contribution in [3.63, 3.8) is 0 Å². The summed E-state index contributed by atoms with van der Waals surface area (Å²) in [7, 11) is 0. The average Bonchev–Trinajstić information content (AvgIpc) is 2.76. The van der Waals surface area contributed by atoms with E-state index in [1.54, 1.807) is 30.3 Å². The molecule has 0 aromatic heterocycles. The first kappa shape index (κ1) is 15.7. The van der Waals surface area contributed by atoms with Gasteiger partial charge in [0.05, 0.1) is 5.54 Å². The predicted molar refractivity (Wildman–Crippen MR) is 70.5 cm³/mol. The van der Waals surface area contributed by atoms with Gasteiger partial charge in [0.15, 0.2) is 11.9 Å². The Kier molecular flexibility index (Phi) is 4.46. The maximum Gasteiger partial charge on any atom is 1.00 e. The Morgan fingerprint density at radius 2 is 1.48 bits per heavy atom. The van der Waals surface area contributed by atoms with Crippen molar-refractivity contribution in [2.24, 2.45) is 0 Å². The molecule has 21 heavy (non-hydrogen) atoms. The van der Waals surface area contributed by atoms with Crippen molar-refractivity contribution in [1.82, 2.24) is 5.32 Å². The summed E-state index contributed by atoms with van der Waals surface area (Å²) in [4.78, 5) is 23.8.